The molecule has 0 unspecified atom stereocenters. The molecule has 0 aromatic rings. The summed E-state index contributed by atoms with van der Waals surface area (Å²) in [4.78, 5) is 0. The standard InChI is InChI=1S/C21H32O3/c1-15-6-5-10-20(3)21(4,24-20)11-9-16(2)12-19-18(8-7-15)17(13-22)14-23-19/h6,12,19,22H,5,7-11,13-14H2,1-4H3/b15-6+,16-12+/t19-,20-,21-/m0/s1. The summed E-state index contributed by atoms with van der Waals surface area (Å²) < 4.78 is 12.1. The van der Waals surface area contributed by atoms with Gasteiger partial charge in [-0.1, -0.05) is 23.3 Å². The van der Waals surface area contributed by atoms with Crippen molar-refractivity contribution >= 4 is 0 Å². The first-order chi connectivity index (χ1) is 11.4. The Kier molecular flexibility index (Phi) is 5.06. The van der Waals surface area contributed by atoms with Crippen molar-refractivity contribution in [1.29, 1.82) is 0 Å². The van der Waals surface area contributed by atoms with Gasteiger partial charge in [-0.15, -0.1) is 0 Å². The van der Waals surface area contributed by atoms with Crippen molar-refractivity contribution in [2.75, 3.05) is 13.2 Å². The van der Waals surface area contributed by atoms with Gasteiger partial charge < -0.3 is 14.6 Å². The Morgan fingerprint density at radius 1 is 1.08 bits per heavy atom. The summed E-state index contributed by atoms with van der Waals surface area (Å²) in [5.41, 5.74) is 5.20. The minimum absolute atomic E-state index is 0.0133. The fourth-order valence-electron chi connectivity index (χ4n) is 4.11. The monoisotopic (exact) mass is 332 g/mol. The van der Waals surface area contributed by atoms with Crippen molar-refractivity contribution in [3.63, 3.8) is 0 Å². The second-order valence-electron chi connectivity index (χ2n) is 8.18. The lowest BCUT2D eigenvalue weighted by molar-refractivity contribution is 0.146. The highest BCUT2D eigenvalue weighted by atomic mass is 16.6. The predicted molar refractivity (Wildman–Crippen MR) is 97.0 cm³/mol. The van der Waals surface area contributed by atoms with Crippen LogP contribution in [0.25, 0.3) is 0 Å². The van der Waals surface area contributed by atoms with Crippen molar-refractivity contribution in [3.05, 3.63) is 34.4 Å². The minimum atomic E-state index is 0.0133. The molecule has 2 heterocycles. The van der Waals surface area contributed by atoms with Gasteiger partial charge in [-0.05, 0) is 77.4 Å². The van der Waals surface area contributed by atoms with E-state index in [2.05, 4.69) is 39.8 Å². The number of ether oxygens (including phenoxy) is 2. The van der Waals surface area contributed by atoms with Gasteiger partial charge in [-0.2, -0.15) is 0 Å². The Morgan fingerprint density at radius 3 is 2.58 bits per heavy atom. The molecule has 0 saturated carbocycles. The number of aliphatic hydroxyl groups excluding tert-OH is 1. The lowest BCUT2D eigenvalue weighted by atomic mass is 9.86. The van der Waals surface area contributed by atoms with Gasteiger partial charge in [0.2, 0.25) is 0 Å². The second kappa shape index (κ2) is 6.78. The molecule has 0 spiro atoms. The molecular formula is C21H32O3. The quantitative estimate of drug-likeness (QED) is 0.569. The van der Waals surface area contributed by atoms with Gasteiger partial charge in [-0.25, -0.2) is 0 Å². The van der Waals surface area contributed by atoms with E-state index in [1.54, 1.807) is 0 Å². The third-order valence-corrected chi connectivity index (χ3v) is 6.29. The molecule has 2 aliphatic heterocycles. The lowest BCUT2D eigenvalue weighted by Crippen LogP contribution is -2.20. The number of rotatable bonds is 1. The molecular weight excluding hydrogens is 300 g/mol. The molecule has 3 atom stereocenters. The van der Waals surface area contributed by atoms with Crippen LogP contribution in [0, 0.1) is 0 Å². The highest BCUT2D eigenvalue weighted by molar-refractivity contribution is 5.30. The van der Waals surface area contributed by atoms with Crippen LogP contribution in [-0.2, 0) is 9.47 Å². The molecule has 0 amide bonds. The van der Waals surface area contributed by atoms with E-state index in [1.807, 2.05) is 0 Å². The summed E-state index contributed by atoms with van der Waals surface area (Å²) in [5.74, 6) is 0. The van der Waals surface area contributed by atoms with E-state index in [1.165, 1.54) is 16.7 Å². The molecule has 0 bridgehead atoms. The SMILES string of the molecule is C/C1=C\CC[C@]2(C)O[C@@]2(C)CC/C(C)=C/[C@@H]2OCC(CO)=C2CC1. The molecule has 3 heteroatoms. The Balaban J connectivity index is 1.82. The average molecular weight is 332 g/mol. The largest absolute Gasteiger partial charge is 0.392 e. The molecule has 0 aromatic carbocycles. The van der Waals surface area contributed by atoms with Crippen LogP contribution < -0.4 is 0 Å². The van der Waals surface area contributed by atoms with Crippen LogP contribution in [0.2, 0.25) is 0 Å². The zero-order valence-electron chi connectivity index (χ0n) is 15.7. The first kappa shape index (κ1) is 17.9. The molecule has 134 valence electrons. The van der Waals surface area contributed by atoms with E-state index >= 15 is 0 Å². The molecule has 3 nitrogen and oxygen atoms in total. The fourth-order valence-corrected chi connectivity index (χ4v) is 4.11. The van der Waals surface area contributed by atoms with Crippen molar-refractivity contribution < 1.29 is 14.6 Å². The van der Waals surface area contributed by atoms with Crippen LogP contribution in [0.5, 0.6) is 0 Å². The molecule has 1 aliphatic carbocycles. The molecule has 1 N–H and O–H groups in total. The maximum Gasteiger partial charge on any atom is 0.0978 e. The highest BCUT2D eigenvalue weighted by Crippen LogP contribution is 2.54. The minimum Gasteiger partial charge on any atom is -0.392 e. The third-order valence-electron chi connectivity index (χ3n) is 6.29. The first-order valence-corrected chi connectivity index (χ1v) is 9.33. The van der Waals surface area contributed by atoms with Crippen molar-refractivity contribution in [2.24, 2.45) is 0 Å². The molecule has 3 aliphatic rings. The number of fused-ring (bicyclic) bond motifs is 2. The summed E-state index contributed by atoms with van der Waals surface area (Å²) in [7, 11) is 0. The van der Waals surface area contributed by atoms with Gasteiger partial charge in [0.1, 0.15) is 0 Å². The van der Waals surface area contributed by atoms with Crippen LogP contribution in [-0.4, -0.2) is 35.6 Å². The normalized spacial score (nSPS) is 42.3. The van der Waals surface area contributed by atoms with E-state index in [9.17, 15) is 5.11 Å². The Bertz CT molecular complexity index is 586. The average Bonchev–Trinajstić information content (AvgIpc) is 2.88. The third kappa shape index (κ3) is 3.54. The number of allylic oxidation sites excluding steroid dienone is 3. The molecule has 24 heavy (non-hydrogen) atoms. The van der Waals surface area contributed by atoms with Gasteiger partial charge in [0.25, 0.3) is 0 Å². The first-order valence-electron chi connectivity index (χ1n) is 9.33. The fraction of sp³-hybridized carbons (Fsp3) is 0.714. The van der Waals surface area contributed by atoms with Crippen LogP contribution in [0.15, 0.2) is 34.4 Å². The summed E-state index contributed by atoms with van der Waals surface area (Å²) >= 11 is 0. The summed E-state index contributed by atoms with van der Waals surface area (Å²) in [6.45, 7) is 9.61. The van der Waals surface area contributed by atoms with Crippen molar-refractivity contribution in [1.82, 2.24) is 0 Å². The van der Waals surface area contributed by atoms with E-state index in [-0.39, 0.29) is 23.9 Å². The maximum atomic E-state index is 9.62. The highest BCUT2D eigenvalue weighted by Gasteiger charge is 2.61. The summed E-state index contributed by atoms with van der Waals surface area (Å²) in [5, 5.41) is 9.62. The number of hydrogen-bond donors (Lipinski definition) is 1. The summed E-state index contributed by atoms with van der Waals surface area (Å²) in [6.07, 6.45) is 11.0. The lowest BCUT2D eigenvalue weighted by Gasteiger charge is -2.16. The van der Waals surface area contributed by atoms with Crippen molar-refractivity contribution in [3.8, 4) is 0 Å². The molecule has 1 fully saturated rings. The number of hydrogen-bond acceptors (Lipinski definition) is 3. The Labute approximate surface area is 146 Å². The van der Waals surface area contributed by atoms with Crippen LogP contribution in [0.3, 0.4) is 0 Å². The zero-order valence-corrected chi connectivity index (χ0v) is 15.7. The molecule has 0 aromatic heterocycles. The molecule has 3 rings (SSSR count). The van der Waals surface area contributed by atoms with E-state index in [4.69, 9.17) is 9.47 Å². The molecule has 1 saturated heterocycles. The number of aliphatic hydroxyl groups is 1. The smallest absolute Gasteiger partial charge is 0.0978 e. The van der Waals surface area contributed by atoms with E-state index in [0.717, 1.165) is 44.1 Å². The van der Waals surface area contributed by atoms with E-state index < -0.39 is 0 Å². The van der Waals surface area contributed by atoms with Gasteiger partial charge in [-0.3, -0.25) is 0 Å². The Hall–Kier alpha value is -0.900. The van der Waals surface area contributed by atoms with Gasteiger partial charge in [0, 0.05) is 0 Å². The predicted octanol–water partition coefficient (Wildman–Crippen LogP) is 4.47. The maximum absolute atomic E-state index is 9.62. The molecule has 0 radical (unpaired) electrons. The second-order valence-corrected chi connectivity index (χ2v) is 8.18. The Morgan fingerprint density at radius 2 is 1.83 bits per heavy atom. The van der Waals surface area contributed by atoms with Crippen molar-refractivity contribution in [2.45, 2.75) is 83.5 Å². The van der Waals surface area contributed by atoms with Gasteiger partial charge in [0.15, 0.2) is 0 Å². The zero-order chi connectivity index (χ0) is 17.4. The van der Waals surface area contributed by atoms with Crippen LogP contribution in [0.1, 0.15) is 66.2 Å². The van der Waals surface area contributed by atoms with E-state index in [0.29, 0.717) is 6.61 Å². The number of epoxide rings is 1. The van der Waals surface area contributed by atoms with Gasteiger partial charge in [0.05, 0.1) is 30.5 Å². The van der Waals surface area contributed by atoms with Crippen LogP contribution in [0.4, 0.5) is 0 Å². The van der Waals surface area contributed by atoms with Crippen LogP contribution >= 0.6 is 0 Å². The summed E-state index contributed by atoms with van der Waals surface area (Å²) in [6, 6.07) is 0. The topological polar surface area (TPSA) is 42.0 Å². The van der Waals surface area contributed by atoms with Gasteiger partial charge >= 0.3 is 0 Å².